The molecular weight excluding hydrogens is 343 g/mol. The molecule has 1 saturated heterocycles. The van der Waals surface area contributed by atoms with Gasteiger partial charge in [-0.3, -0.25) is 4.79 Å². The average molecular weight is 363 g/mol. The molecular formula is C19H20Cl2N2O. The number of nitrogens with zero attached hydrogens (tertiary/aromatic N) is 2. The minimum Gasteiger partial charge on any atom is -0.333 e. The van der Waals surface area contributed by atoms with Crippen molar-refractivity contribution in [2.75, 3.05) is 26.7 Å². The largest absolute Gasteiger partial charge is 0.333 e. The fourth-order valence-electron chi connectivity index (χ4n) is 3.10. The summed E-state index contributed by atoms with van der Waals surface area (Å²) in [6.45, 7) is 2.46. The van der Waals surface area contributed by atoms with Crippen molar-refractivity contribution in [2.45, 2.75) is 12.5 Å². The molecule has 1 atom stereocenters. The van der Waals surface area contributed by atoms with Crippen LogP contribution in [0.5, 0.6) is 0 Å². The van der Waals surface area contributed by atoms with E-state index in [4.69, 9.17) is 23.2 Å². The minimum atomic E-state index is 0.0835. The van der Waals surface area contributed by atoms with Crippen LogP contribution >= 0.6 is 23.2 Å². The highest BCUT2D eigenvalue weighted by atomic mass is 35.5. The van der Waals surface area contributed by atoms with Crippen LogP contribution in [-0.2, 0) is 11.2 Å². The Labute approximate surface area is 152 Å². The highest BCUT2D eigenvalue weighted by molar-refractivity contribution is 6.42. The lowest BCUT2D eigenvalue weighted by atomic mass is 10.0. The van der Waals surface area contributed by atoms with Crippen LogP contribution in [0.4, 0.5) is 0 Å². The van der Waals surface area contributed by atoms with Gasteiger partial charge in [-0.1, -0.05) is 59.6 Å². The Morgan fingerprint density at radius 1 is 1.08 bits per heavy atom. The molecule has 1 aliphatic heterocycles. The quantitative estimate of drug-likeness (QED) is 0.821. The average Bonchev–Trinajstić information content (AvgIpc) is 2.59. The molecule has 1 fully saturated rings. The summed E-state index contributed by atoms with van der Waals surface area (Å²) in [5, 5.41) is 0.995. The van der Waals surface area contributed by atoms with E-state index in [2.05, 4.69) is 24.1 Å². The number of carbonyl (C=O) groups excluding carboxylic acids is 1. The van der Waals surface area contributed by atoms with Crippen LogP contribution in [0.15, 0.2) is 48.5 Å². The molecule has 0 bridgehead atoms. The molecule has 2 aromatic rings. The van der Waals surface area contributed by atoms with Gasteiger partial charge >= 0.3 is 0 Å². The maximum atomic E-state index is 12.9. The Bertz CT molecular complexity index is 721. The predicted octanol–water partition coefficient (Wildman–Crippen LogP) is 4.05. The standard InChI is InChI=1S/C19H20Cl2N2O/c1-22-9-10-23(18(13-22)15-5-3-2-4-6-15)19(24)12-14-7-8-16(20)17(21)11-14/h2-8,11,18H,9-10,12-13H2,1H3. The number of hydrogen-bond donors (Lipinski definition) is 0. The van der Waals surface area contributed by atoms with Crippen LogP contribution in [0.25, 0.3) is 0 Å². The Hall–Kier alpha value is -1.55. The summed E-state index contributed by atoms with van der Waals surface area (Å²) < 4.78 is 0. The van der Waals surface area contributed by atoms with Gasteiger partial charge in [0.15, 0.2) is 0 Å². The number of benzene rings is 2. The lowest BCUT2D eigenvalue weighted by Gasteiger charge is -2.40. The molecule has 0 radical (unpaired) electrons. The Balaban J connectivity index is 1.79. The summed E-state index contributed by atoms with van der Waals surface area (Å²) in [4.78, 5) is 17.1. The minimum absolute atomic E-state index is 0.0835. The summed E-state index contributed by atoms with van der Waals surface area (Å²) in [6.07, 6.45) is 0.337. The van der Waals surface area contributed by atoms with Crippen LogP contribution in [-0.4, -0.2) is 42.4 Å². The second kappa shape index (κ2) is 7.56. The van der Waals surface area contributed by atoms with E-state index >= 15 is 0 Å². The molecule has 0 N–H and O–H groups in total. The first kappa shape index (κ1) is 17.3. The van der Waals surface area contributed by atoms with Crippen molar-refractivity contribution in [3.63, 3.8) is 0 Å². The predicted molar refractivity (Wildman–Crippen MR) is 98.6 cm³/mol. The van der Waals surface area contributed by atoms with E-state index in [1.165, 1.54) is 5.56 Å². The summed E-state index contributed by atoms with van der Waals surface area (Å²) in [5.41, 5.74) is 2.06. The van der Waals surface area contributed by atoms with Crippen LogP contribution < -0.4 is 0 Å². The fraction of sp³-hybridized carbons (Fsp3) is 0.316. The lowest BCUT2D eigenvalue weighted by molar-refractivity contribution is -0.135. The number of hydrogen-bond acceptors (Lipinski definition) is 2. The molecule has 1 unspecified atom stereocenters. The molecule has 126 valence electrons. The number of likely N-dealkylation sites (N-methyl/N-ethyl adjacent to an activating group) is 1. The van der Waals surface area contributed by atoms with Gasteiger partial charge < -0.3 is 9.80 Å². The highest BCUT2D eigenvalue weighted by Gasteiger charge is 2.30. The molecule has 0 aromatic heterocycles. The number of piperazine rings is 1. The highest BCUT2D eigenvalue weighted by Crippen LogP contribution is 2.27. The molecule has 3 rings (SSSR count). The first-order chi connectivity index (χ1) is 11.5. The molecule has 24 heavy (non-hydrogen) atoms. The number of rotatable bonds is 3. The molecule has 1 aliphatic rings. The molecule has 3 nitrogen and oxygen atoms in total. The maximum absolute atomic E-state index is 12.9. The van der Waals surface area contributed by atoms with Crippen molar-refractivity contribution in [3.05, 3.63) is 69.7 Å². The number of amides is 1. The zero-order valence-corrected chi connectivity index (χ0v) is 15.1. The van der Waals surface area contributed by atoms with Gasteiger partial charge in [0.2, 0.25) is 5.91 Å². The lowest BCUT2D eigenvalue weighted by Crippen LogP contribution is -2.49. The van der Waals surface area contributed by atoms with E-state index in [1.54, 1.807) is 12.1 Å². The van der Waals surface area contributed by atoms with Crippen molar-refractivity contribution < 1.29 is 4.79 Å². The zero-order chi connectivity index (χ0) is 17.1. The van der Waals surface area contributed by atoms with Gasteiger partial charge in [0.1, 0.15) is 0 Å². The topological polar surface area (TPSA) is 23.6 Å². The van der Waals surface area contributed by atoms with Crippen molar-refractivity contribution >= 4 is 29.1 Å². The van der Waals surface area contributed by atoms with E-state index in [0.717, 1.165) is 25.2 Å². The fourth-order valence-corrected chi connectivity index (χ4v) is 3.42. The van der Waals surface area contributed by atoms with E-state index in [0.29, 0.717) is 16.5 Å². The second-order valence-corrected chi connectivity index (χ2v) is 7.02. The maximum Gasteiger partial charge on any atom is 0.227 e. The molecule has 1 amide bonds. The molecule has 0 aliphatic carbocycles. The summed E-state index contributed by atoms with van der Waals surface area (Å²) in [5.74, 6) is 0.121. The first-order valence-corrected chi connectivity index (χ1v) is 8.77. The van der Waals surface area contributed by atoms with E-state index in [1.807, 2.05) is 29.2 Å². The van der Waals surface area contributed by atoms with Crippen molar-refractivity contribution in [1.82, 2.24) is 9.80 Å². The van der Waals surface area contributed by atoms with Crippen LogP contribution in [0.3, 0.4) is 0 Å². The van der Waals surface area contributed by atoms with Gasteiger partial charge in [0.05, 0.1) is 22.5 Å². The first-order valence-electron chi connectivity index (χ1n) is 8.01. The summed E-state index contributed by atoms with van der Waals surface area (Å²) in [7, 11) is 2.09. The van der Waals surface area contributed by atoms with E-state index in [-0.39, 0.29) is 11.9 Å². The normalized spacial score (nSPS) is 18.6. The van der Waals surface area contributed by atoms with E-state index in [9.17, 15) is 4.79 Å². The molecule has 5 heteroatoms. The van der Waals surface area contributed by atoms with Crippen molar-refractivity contribution in [3.8, 4) is 0 Å². The summed E-state index contributed by atoms with van der Waals surface area (Å²) >= 11 is 12.0. The molecule has 0 saturated carbocycles. The summed E-state index contributed by atoms with van der Waals surface area (Å²) in [6, 6.07) is 15.7. The van der Waals surface area contributed by atoms with Gasteiger partial charge in [-0.15, -0.1) is 0 Å². The van der Waals surface area contributed by atoms with Crippen molar-refractivity contribution in [1.29, 1.82) is 0 Å². The number of carbonyl (C=O) groups is 1. The Kier molecular flexibility index (Phi) is 5.44. The third-order valence-corrected chi connectivity index (χ3v) is 5.17. The second-order valence-electron chi connectivity index (χ2n) is 6.20. The van der Waals surface area contributed by atoms with Gasteiger partial charge in [0.25, 0.3) is 0 Å². The van der Waals surface area contributed by atoms with Crippen molar-refractivity contribution in [2.24, 2.45) is 0 Å². The molecule has 2 aromatic carbocycles. The Morgan fingerprint density at radius 3 is 2.54 bits per heavy atom. The molecule has 0 spiro atoms. The number of halogens is 2. The van der Waals surface area contributed by atoms with Gasteiger partial charge in [-0.05, 0) is 30.3 Å². The van der Waals surface area contributed by atoms with Gasteiger partial charge in [-0.2, -0.15) is 0 Å². The van der Waals surface area contributed by atoms with Crippen LogP contribution in [0.2, 0.25) is 10.0 Å². The molecule has 1 heterocycles. The Morgan fingerprint density at radius 2 is 1.83 bits per heavy atom. The van der Waals surface area contributed by atoms with Gasteiger partial charge in [0, 0.05) is 19.6 Å². The van der Waals surface area contributed by atoms with Crippen LogP contribution in [0.1, 0.15) is 17.2 Å². The SMILES string of the molecule is CN1CCN(C(=O)Cc2ccc(Cl)c(Cl)c2)C(c2ccccc2)C1. The third kappa shape index (κ3) is 3.92. The zero-order valence-electron chi connectivity index (χ0n) is 13.6. The van der Waals surface area contributed by atoms with E-state index < -0.39 is 0 Å². The monoisotopic (exact) mass is 362 g/mol. The van der Waals surface area contributed by atoms with Crippen LogP contribution in [0, 0.1) is 0 Å². The smallest absolute Gasteiger partial charge is 0.227 e. The van der Waals surface area contributed by atoms with Gasteiger partial charge in [-0.25, -0.2) is 0 Å². The third-order valence-electron chi connectivity index (χ3n) is 4.43.